The van der Waals surface area contributed by atoms with E-state index in [9.17, 15) is 17.6 Å². The van der Waals surface area contributed by atoms with Crippen molar-refractivity contribution < 1.29 is 17.6 Å². The van der Waals surface area contributed by atoms with Gasteiger partial charge in [0.15, 0.2) is 0 Å². The number of aryl methyl sites for hydroxylation is 1. The minimum Gasteiger partial charge on any atom is -0.382 e. The summed E-state index contributed by atoms with van der Waals surface area (Å²) in [4.78, 5) is 0. The lowest BCUT2D eigenvalue weighted by Gasteiger charge is -2.10. The first-order valence-electron chi connectivity index (χ1n) is 5.95. The molecule has 0 aliphatic rings. The second kappa shape index (κ2) is 5.52. The minimum absolute atomic E-state index is 0.0499. The van der Waals surface area contributed by atoms with E-state index < -0.39 is 17.6 Å². The van der Waals surface area contributed by atoms with Gasteiger partial charge < -0.3 is 5.32 Å². The van der Waals surface area contributed by atoms with Crippen molar-refractivity contribution in [2.75, 3.05) is 11.9 Å². The molecule has 0 saturated carbocycles. The van der Waals surface area contributed by atoms with Crippen LogP contribution in [-0.2, 0) is 19.6 Å². The summed E-state index contributed by atoms with van der Waals surface area (Å²) in [6, 6.07) is 4.26. The van der Waals surface area contributed by atoms with E-state index in [2.05, 4.69) is 10.4 Å². The van der Waals surface area contributed by atoms with Crippen molar-refractivity contribution in [3.05, 3.63) is 47.5 Å². The van der Waals surface area contributed by atoms with E-state index in [1.165, 1.54) is 0 Å². The van der Waals surface area contributed by atoms with Crippen molar-refractivity contribution in [2.45, 2.75) is 12.6 Å². The van der Waals surface area contributed by atoms with Gasteiger partial charge in [-0.1, -0.05) is 0 Å². The Labute approximate surface area is 113 Å². The molecule has 1 aromatic heterocycles. The number of nitrogens with zero attached hydrogens (tertiary/aromatic N) is 2. The maximum absolute atomic E-state index is 13.5. The number of hydrogen-bond acceptors (Lipinski definition) is 2. The SMILES string of the molecule is Cn1ccc(CCNc2ccc(C(F)(F)F)cc2F)n1. The van der Waals surface area contributed by atoms with Crippen LogP contribution >= 0.6 is 0 Å². The van der Waals surface area contributed by atoms with E-state index in [1.807, 2.05) is 6.07 Å². The summed E-state index contributed by atoms with van der Waals surface area (Å²) in [5.41, 5.74) is -0.119. The molecule has 108 valence electrons. The number of nitrogens with one attached hydrogen (secondary N) is 1. The van der Waals surface area contributed by atoms with Crippen molar-refractivity contribution in [3.63, 3.8) is 0 Å². The van der Waals surface area contributed by atoms with Gasteiger partial charge in [-0.3, -0.25) is 4.68 Å². The van der Waals surface area contributed by atoms with Crippen LogP contribution < -0.4 is 5.32 Å². The molecule has 1 aromatic carbocycles. The molecule has 1 heterocycles. The van der Waals surface area contributed by atoms with Gasteiger partial charge in [-0.25, -0.2) is 4.39 Å². The predicted molar refractivity (Wildman–Crippen MR) is 66.8 cm³/mol. The zero-order valence-electron chi connectivity index (χ0n) is 10.7. The highest BCUT2D eigenvalue weighted by molar-refractivity contribution is 5.46. The molecular weight excluding hydrogens is 274 g/mol. The van der Waals surface area contributed by atoms with E-state index in [-0.39, 0.29) is 5.69 Å². The van der Waals surface area contributed by atoms with Crippen molar-refractivity contribution in [1.29, 1.82) is 0 Å². The van der Waals surface area contributed by atoms with Gasteiger partial charge in [0.05, 0.1) is 16.9 Å². The van der Waals surface area contributed by atoms with E-state index >= 15 is 0 Å². The molecule has 2 rings (SSSR count). The Morgan fingerprint density at radius 3 is 2.55 bits per heavy atom. The molecule has 0 bridgehead atoms. The van der Waals surface area contributed by atoms with Crippen LogP contribution in [0.1, 0.15) is 11.3 Å². The van der Waals surface area contributed by atoms with Gasteiger partial charge in [0.1, 0.15) is 5.82 Å². The minimum atomic E-state index is -4.53. The van der Waals surface area contributed by atoms with Crippen LogP contribution in [0, 0.1) is 5.82 Å². The maximum Gasteiger partial charge on any atom is 0.416 e. The summed E-state index contributed by atoms with van der Waals surface area (Å²) in [5.74, 6) is -0.916. The zero-order valence-corrected chi connectivity index (χ0v) is 10.7. The average Bonchev–Trinajstić information content (AvgIpc) is 2.76. The molecule has 0 aliphatic heterocycles. The fraction of sp³-hybridized carbons (Fsp3) is 0.308. The van der Waals surface area contributed by atoms with Gasteiger partial charge in [-0.15, -0.1) is 0 Å². The number of aromatic nitrogens is 2. The third-order valence-corrected chi connectivity index (χ3v) is 2.76. The summed E-state index contributed by atoms with van der Waals surface area (Å²) in [6.07, 6.45) is -2.19. The fourth-order valence-corrected chi connectivity index (χ4v) is 1.76. The van der Waals surface area contributed by atoms with Gasteiger partial charge in [0, 0.05) is 26.2 Å². The molecule has 7 heteroatoms. The van der Waals surface area contributed by atoms with Crippen LogP contribution in [0.15, 0.2) is 30.5 Å². The van der Waals surface area contributed by atoms with Gasteiger partial charge >= 0.3 is 6.18 Å². The summed E-state index contributed by atoms with van der Waals surface area (Å²) < 4.78 is 52.3. The quantitative estimate of drug-likeness (QED) is 0.875. The van der Waals surface area contributed by atoms with Crippen LogP contribution in [0.3, 0.4) is 0 Å². The summed E-state index contributed by atoms with van der Waals surface area (Å²) >= 11 is 0. The third kappa shape index (κ3) is 3.49. The standard InChI is InChI=1S/C13H13F4N3/c1-20-7-5-10(19-20)4-6-18-12-3-2-9(8-11(12)14)13(15,16)17/h2-3,5,7-8,18H,4,6H2,1H3. The second-order valence-corrected chi connectivity index (χ2v) is 4.35. The van der Waals surface area contributed by atoms with Crippen LogP contribution in [0.5, 0.6) is 0 Å². The highest BCUT2D eigenvalue weighted by Crippen LogP contribution is 2.31. The number of halogens is 4. The molecule has 1 N–H and O–H groups in total. The Hall–Kier alpha value is -2.05. The molecule has 0 spiro atoms. The Balaban J connectivity index is 1.96. The molecular formula is C13H13F4N3. The van der Waals surface area contributed by atoms with E-state index in [0.717, 1.165) is 17.8 Å². The van der Waals surface area contributed by atoms with Gasteiger partial charge in [-0.05, 0) is 24.3 Å². The van der Waals surface area contributed by atoms with E-state index in [1.54, 1.807) is 17.9 Å². The first kappa shape index (κ1) is 14.4. The molecule has 0 radical (unpaired) electrons. The monoisotopic (exact) mass is 287 g/mol. The lowest BCUT2D eigenvalue weighted by atomic mass is 10.2. The molecule has 2 aromatic rings. The Morgan fingerprint density at radius 1 is 1.25 bits per heavy atom. The van der Waals surface area contributed by atoms with Crippen molar-refractivity contribution in [2.24, 2.45) is 7.05 Å². The highest BCUT2D eigenvalue weighted by Gasteiger charge is 2.31. The van der Waals surface area contributed by atoms with Crippen LogP contribution in [0.25, 0.3) is 0 Å². The Kier molecular flexibility index (Phi) is 3.96. The summed E-state index contributed by atoms with van der Waals surface area (Å²) in [7, 11) is 1.78. The van der Waals surface area contributed by atoms with E-state index in [4.69, 9.17) is 0 Å². The average molecular weight is 287 g/mol. The summed E-state index contributed by atoms with van der Waals surface area (Å²) in [6.45, 7) is 0.388. The molecule has 20 heavy (non-hydrogen) atoms. The van der Waals surface area contributed by atoms with Gasteiger partial charge in [0.25, 0.3) is 0 Å². The van der Waals surface area contributed by atoms with Crippen molar-refractivity contribution >= 4 is 5.69 Å². The molecule has 0 unspecified atom stereocenters. The zero-order chi connectivity index (χ0) is 14.8. The summed E-state index contributed by atoms with van der Waals surface area (Å²) in [5, 5.41) is 6.90. The second-order valence-electron chi connectivity index (χ2n) is 4.35. The fourth-order valence-electron chi connectivity index (χ4n) is 1.76. The smallest absolute Gasteiger partial charge is 0.382 e. The molecule has 0 saturated heterocycles. The normalized spacial score (nSPS) is 11.7. The van der Waals surface area contributed by atoms with Crippen molar-refractivity contribution in [1.82, 2.24) is 9.78 Å². The van der Waals surface area contributed by atoms with Gasteiger partial charge in [0.2, 0.25) is 0 Å². The Morgan fingerprint density at radius 2 is 2.00 bits per heavy atom. The van der Waals surface area contributed by atoms with Crippen LogP contribution in [0.4, 0.5) is 23.2 Å². The first-order valence-corrected chi connectivity index (χ1v) is 5.95. The lowest BCUT2D eigenvalue weighted by molar-refractivity contribution is -0.137. The molecule has 3 nitrogen and oxygen atoms in total. The molecule has 0 fully saturated rings. The van der Waals surface area contributed by atoms with Gasteiger partial charge in [-0.2, -0.15) is 18.3 Å². The molecule has 0 aliphatic carbocycles. The third-order valence-electron chi connectivity index (χ3n) is 2.76. The largest absolute Gasteiger partial charge is 0.416 e. The number of alkyl halides is 3. The van der Waals surface area contributed by atoms with E-state index in [0.29, 0.717) is 19.0 Å². The maximum atomic E-state index is 13.5. The number of anilines is 1. The lowest BCUT2D eigenvalue weighted by Crippen LogP contribution is -2.09. The molecule has 0 atom stereocenters. The molecule has 0 amide bonds. The van der Waals surface area contributed by atoms with Crippen LogP contribution in [-0.4, -0.2) is 16.3 Å². The first-order chi connectivity index (χ1) is 9.36. The highest BCUT2D eigenvalue weighted by atomic mass is 19.4. The number of hydrogen-bond donors (Lipinski definition) is 1. The number of benzene rings is 1. The predicted octanol–water partition coefficient (Wildman–Crippen LogP) is 3.23. The van der Waals surface area contributed by atoms with Crippen LogP contribution in [0.2, 0.25) is 0 Å². The number of rotatable bonds is 4. The topological polar surface area (TPSA) is 29.9 Å². The van der Waals surface area contributed by atoms with Crippen molar-refractivity contribution in [3.8, 4) is 0 Å². The Bertz CT molecular complexity index is 590.